The SMILES string of the molecule is Bc1cccnc1Oc1ccc(C(F)(F)CO)nc1. The van der Waals surface area contributed by atoms with Crippen LogP contribution in [0.5, 0.6) is 11.6 Å². The lowest BCUT2D eigenvalue weighted by Crippen LogP contribution is -2.19. The number of rotatable bonds is 4. The number of nitrogens with zero attached hydrogens (tertiary/aromatic N) is 2. The summed E-state index contributed by atoms with van der Waals surface area (Å²) in [4.78, 5) is 7.61. The van der Waals surface area contributed by atoms with E-state index in [2.05, 4.69) is 9.97 Å². The van der Waals surface area contributed by atoms with E-state index in [0.717, 1.165) is 11.5 Å². The zero-order chi connectivity index (χ0) is 13.9. The van der Waals surface area contributed by atoms with Gasteiger partial charge in [0.1, 0.15) is 25.9 Å². The van der Waals surface area contributed by atoms with E-state index in [4.69, 9.17) is 9.84 Å². The second-order valence-electron chi connectivity index (χ2n) is 3.97. The summed E-state index contributed by atoms with van der Waals surface area (Å²) in [5, 5.41) is 8.56. The second kappa shape index (κ2) is 5.32. The predicted molar refractivity (Wildman–Crippen MR) is 67.7 cm³/mol. The monoisotopic (exact) mass is 264 g/mol. The molecule has 0 radical (unpaired) electrons. The molecule has 0 aliphatic rings. The van der Waals surface area contributed by atoms with Gasteiger partial charge in [-0.3, -0.25) is 4.98 Å². The van der Waals surface area contributed by atoms with Crippen LogP contribution >= 0.6 is 0 Å². The smallest absolute Gasteiger partial charge is 0.312 e. The van der Waals surface area contributed by atoms with E-state index >= 15 is 0 Å². The van der Waals surface area contributed by atoms with Crippen molar-refractivity contribution in [3.8, 4) is 11.6 Å². The molecule has 0 saturated heterocycles. The molecular formula is C12H11BF2N2O2. The molecule has 0 saturated carbocycles. The van der Waals surface area contributed by atoms with Crippen LogP contribution in [-0.2, 0) is 5.92 Å². The van der Waals surface area contributed by atoms with E-state index in [1.807, 2.05) is 13.9 Å². The molecule has 98 valence electrons. The van der Waals surface area contributed by atoms with Gasteiger partial charge in [0.15, 0.2) is 0 Å². The van der Waals surface area contributed by atoms with Crippen LogP contribution in [0.25, 0.3) is 0 Å². The normalized spacial score (nSPS) is 11.3. The summed E-state index contributed by atoms with van der Waals surface area (Å²) in [6.07, 6.45) is 2.75. The molecule has 0 unspecified atom stereocenters. The molecule has 1 N–H and O–H groups in total. The number of alkyl halides is 2. The largest absolute Gasteiger partial charge is 0.438 e. The zero-order valence-electron chi connectivity index (χ0n) is 10.2. The summed E-state index contributed by atoms with van der Waals surface area (Å²) in [5.74, 6) is -2.65. The predicted octanol–water partition coefficient (Wildman–Crippen LogP) is 0.611. The van der Waals surface area contributed by atoms with Crippen molar-refractivity contribution in [1.82, 2.24) is 9.97 Å². The zero-order valence-corrected chi connectivity index (χ0v) is 10.2. The van der Waals surface area contributed by atoms with Gasteiger partial charge in [0.25, 0.3) is 0 Å². The summed E-state index contributed by atoms with van der Waals surface area (Å²) in [5.41, 5.74) is 0.326. The van der Waals surface area contributed by atoms with Crippen LogP contribution in [0, 0.1) is 0 Å². The first-order valence-electron chi connectivity index (χ1n) is 5.57. The third-order valence-electron chi connectivity index (χ3n) is 2.49. The van der Waals surface area contributed by atoms with Crippen LogP contribution < -0.4 is 10.2 Å². The third-order valence-corrected chi connectivity index (χ3v) is 2.49. The fraction of sp³-hybridized carbons (Fsp3) is 0.167. The number of hydrogen-bond donors (Lipinski definition) is 1. The molecule has 0 bridgehead atoms. The van der Waals surface area contributed by atoms with Crippen molar-refractivity contribution in [2.45, 2.75) is 5.92 Å². The Morgan fingerprint density at radius 3 is 2.63 bits per heavy atom. The number of aromatic nitrogens is 2. The Morgan fingerprint density at radius 1 is 1.26 bits per heavy atom. The molecule has 2 aromatic heterocycles. The van der Waals surface area contributed by atoms with Gasteiger partial charge in [-0.2, -0.15) is 8.78 Å². The molecule has 0 aliphatic heterocycles. The molecule has 0 fully saturated rings. The van der Waals surface area contributed by atoms with Gasteiger partial charge in [-0.05, 0) is 23.7 Å². The molecule has 19 heavy (non-hydrogen) atoms. The van der Waals surface area contributed by atoms with Crippen LogP contribution in [-0.4, -0.2) is 29.5 Å². The molecule has 7 heteroatoms. The fourth-order valence-electron chi connectivity index (χ4n) is 1.43. The van der Waals surface area contributed by atoms with Gasteiger partial charge in [-0.25, -0.2) is 4.98 Å². The van der Waals surface area contributed by atoms with E-state index < -0.39 is 18.2 Å². The standard InChI is InChI=1S/C12H11BF2N2O2/c13-9-2-1-5-16-11(9)19-8-3-4-10(17-6-8)12(14,15)7-18/h1-6,18H,7,13H2. The van der Waals surface area contributed by atoms with Crippen LogP contribution in [0.15, 0.2) is 36.7 Å². The lowest BCUT2D eigenvalue weighted by molar-refractivity contribution is -0.0592. The van der Waals surface area contributed by atoms with Gasteiger partial charge < -0.3 is 9.84 Å². The average Bonchev–Trinajstić information content (AvgIpc) is 2.42. The Kier molecular flexibility index (Phi) is 3.75. The van der Waals surface area contributed by atoms with E-state index in [9.17, 15) is 8.78 Å². The first-order valence-corrected chi connectivity index (χ1v) is 5.57. The quantitative estimate of drug-likeness (QED) is 0.822. The number of halogens is 2. The van der Waals surface area contributed by atoms with Crippen molar-refractivity contribution in [2.75, 3.05) is 6.61 Å². The summed E-state index contributed by atoms with van der Waals surface area (Å²) in [6.45, 7) is -1.28. The average molecular weight is 264 g/mol. The maximum Gasteiger partial charge on any atom is 0.312 e. The Labute approximate surface area is 109 Å². The van der Waals surface area contributed by atoms with Gasteiger partial charge in [-0.1, -0.05) is 6.07 Å². The minimum atomic E-state index is -3.35. The number of pyridine rings is 2. The van der Waals surface area contributed by atoms with Crippen LogP contribution in [0.4, 0.5) is 8.78 Å². The highest BCUT2D eigenvalue weighted by Crippen LogP contribution is 2.27. The third kappa shape index (κ3) is 3.06. The summed E-state index contributed by atoms with van der Waals surface area (Å²) in [6, 6.07) is 6.07. The summed E-state index contributed by atoms with van der Waals surface area (Å²) < 4.78 is 31.7. The highest BCUT2D eigenvalue weighted by molar-refractivity contribution is 6.33. The van der Waals surface area contributed by atoms with E-state index in [0.29, 0.717) is 11.6 Å². The molecule has 0 aromatic carbocycles. The lowest BCUT2D eigenvalue weighted by Gasteiger charge is -2.13. The Morgan fingerprint density at radius 2 is 2.05 bits per heavy atom. The van der Waals surface area contributed by atoms with Crippen molar-refractivity contribution in [1.29, 1.82) is 0 Å². The molecule has 2 rings (SSSR count). The molecule has 0 spiro atoms. The topological polar surface area (TPSA) is 55.2 Å². The number of ether oxygens (including phenoxy) is 1. The van der Waals surface area contributed by atoms with Crippen molar-refractivity contribution in [2.24, 2.45) is 0 Å². The summed E-state index contributed by atoms with van der Waals surface area (Å²) in [7, 11) is 1.82. The van der Waals surface area contributed by atoms with Crippen LogP contribution in [0.2, 0.25) is 0 Å². The van der Waals surface area contributed by atoms with Crippen molar-refractivity contribution in [3.63, 3.8) is 0 Å². The highest BCUT2D eigenvalue weighted by Gasteiger charge is 2.32. The number of hydrogen-bond acceptors (Lipinski definition) is 4. The van der Waals surface area contributed by atoms with Crippen molar-refractivity contribution in [3.05, 3.63) is 42.4 Å². The Bertz CT molecular complexity index is 564. The van der Waals surface area contributed by atoms with Crippen molar-refractivity contribution >= 4 is 13.3 Å². The first kappa shape index (κ1) is 13.4. The lowest BCUT2D eigenvalue weighted by atomic mass is 9.98. The minimum absolute atomic E-state index is 0.305. The van der Waals surface area contributed by atoms with Crippen LogP contribution in [0.1, 0.15) is 5.69 Å². The molecule has 0 atom stereocenters. The Hall–Kier alpha value is -2.02. The van der Waals surface area contributed by atoms with Gasteiger partial charge in [0.2, 0.25) is 5.88 Å². The van der Waals surface area contributed by atoms with E-state index in [1.54, 1.807) is 12.3 Å². The first-order chi connectivity index (χ1) is 9.03. The maximum atomic E-state index is 13.1. The molecule has 2 aromatic rings. The molecule has 0 aliphatic carbocycles. The van der Waals surface area contributed by atoms with Crippen molar-refractivity contribution < 1.29 is 18.6 Å². The number of aliphatic hydroxyl groups excluding tert-OH is 1. The fourth-order valence-corrected chi connectivity index (χ4v) is 1.43. The Balaban J connectivity index is 2.18. The van der Waals surface area contributed by atoms with Gasteiger partial charge in [-0.15, -0.1) is 0 Å². The van der Waals surface area contributed by atoms with Gasteiger partial charge in [0, 0.05) is 6.20 Å². The van der Waals surface area contributed by atoms with Crippen LogP contribution in [0.3, 0.4) is 0 Å². The van der Waals surface area contributed by atoms with E-state index in [-0.39, 0.29) is 0 Å². The summed E-state index contributed by atoms with van der Waals surface area (Å²) >= 11 is 0. The molecule has 0 amide bonds. The highest BCUT2D eigenvalue weighted by atomic mass is 19.3. The molecule has 2 heterocycles. The second-order valence-corrected chi connectivity index (χ2v) is 3.97. The molecule has 4 nitrogen and oxygen atoms in total. The van der Waals surface area contributed by atoms with Gasteiger partial charge in [0.05, 0.1) is 6.20 Å². The maximum absolute atomic E-state index is 13.1. The van der Waals surface area contributed by atoms with Gasteiger partial charge >= 0.3 is 5.92 Å². The number of aliphatic hydroxyl groups is 1. The molecular weight excluding hydrogens is 253 g/mol. The van der Waals surface area contributed by atoms with E-state index in [1.165, 1.54) is 12.3 Å². The minimum Gasteiger partial charge on any atom is -0.438 e.